The summed E-state index contributed by atoms with van der Waals surface area (Å²) in [4.78, 5) is 20.4. The summed E-state index contributed by atoms with van der Waals surface area (Å²) in [6, 6.07) is 0. The summed E-state index contributed by atoms with van der Waals surface area (Å²) in [5, 5.41) is 8.53. The number of hydrogen-bond acceptors (Lipinski definition) is 6. The monoisotopic (exact) mass is 296 g/mol. The van der Waals surface area contributed by atoms with Gasteiger partial charge in [0.25, 0.3) is 5.91 Å². The van der Waals surface area contributed by atoms with Crippen LogP contribution in [0.5, 0.6) is 0 Å². The van der Waals surface area contributed by atoms with Crippen molar-refractivity contribution in [3.05, 3.63) is 32.7 Å². The van der Waals surface area contributed by atoms with Gasteiger partial charge in [-0.2, -0.15) is 0 Å². The minimum absolute atomic E-state index is 0.136. The maximum atomic E-state index is 11.9. The van der Waals surface area contributed by atoms with Crippen LogP contribution in [-0.2, 0) is 6.42 Å². The van der Waals surface area contributed by atoms with Crippen LogP contribution in [0.15, 0.2) is 17.0 Å². The molecule has 5 nitrogen and oxygen atoms in total. The summed E-state index contributed by atoms with van der Waals surface area (Å²) in [6.45, 7) is 3.16. The Morgan fingerprint density at radius 2 is 2.37 bits per heavy atom. The van der Waals surface area contributed by atoms with Gasteiger partial charge in [0.15, 0.2) is 0 Å². The topological polar surface area (TPSA) is 80.9 Å². The maximum Gasteiger partial charge on any atom is 0.270 e. The van der Waals surface area contributed by atoms with Crippen LogP contribution >= 0.6 is 22.7 Å². The molecule has 1 amide bonds. The highest BCUT2D eigenvalue weighted by molar-refractivity contribution is 7.10. The number of hydrogen-bond donors (Lipinski definition) is 2. The third kappa shape index (κ3) is 3.82. The molecule has 2 rings (SSSR count). The lowest BCUT2D eigenvalue weighted by Crippen LogP contribution is -2.27. The first-order valence-corrected chi connectivity index (χ1v) is 7.78. The molecule has 1 atom stereocenters. The van der Waals surface area contributed by atoms with Gasteiger partial charge in [-0.15, -0.1) is 22.7 Å². The Kier molecular flexibility index (Phi) is 5.00. The Morgan fingerprint density at radius 1 is 1.53 bits per heavy atom. The first-order valence-electron chi connectivity index (χ1n) is 6.02. The van der Waals surface area contributed by atoms with Crippen molar-refractivity contribution >= 4 is 28.6 Å². The largest absolute Gasteiger partial charge is 0.350 e. The molecule has 0 radical (unpaired) electrons. The van der Waals surface area contributed by atoms with E-state index in [0.717, 1.165) is 10.0 Å². The van der Waals surface area contributed by atoms with E-state index in [1.54, 1.807) is 22.9 Å². The van der Waals surface area contributed by atoms with Gasteiger partial charge >= 0.3 is 0 Å². The van der Waals surface area contributed by atoms with Crippen LogP contribution in [0, 0.1) is 0 Å². The number of aromatic nitrogens is 2. The molecule has 102 valence electrons. The van der Waals surface area contributed by atoms with Gasteiger partial charge in [-0.3, -0.25) is 4.79 Å². The highest BCUT2D eigenvalue weighted by Crippen LogP contribution is 2.16. The third-order valence-electron chi connectivity index (χ3n) is 2.58. The molecule has 2 heterocycles. The summed E-state index contributed by atoms with van der Waals surface area (Å²) in [6.07, 6.45) is 2.49. The SMILES string of the molecule is CC(CNC(=O)c1csc(CCN)n1)c1nccs1. The van der Waals surface area contributed by atoms with Crippen LogP contribution in [0.4, 0.5) is 0 Å². The number of amides is 1. The summed E-state index contributed by atoms with van der Waals surface area (Å²) >= 11 is 3.07. The van der Waals surface area contributed by atoms with E-state index in [4.69, 9.17) is 5.73 Å². The fourth-order valence-corrected chi connectivity index (χ4v) is 3.05. The molecular formula is C12H16N4OS2. The van der Waals surface area contributed by atoms with Crippen molar-refractivity contribution in [3.63, 3.8) is 0 Å². The average Bonchev–Trinajstić information content (AvgIpc) is 3.06. The lowest BCUT2D eigenvalue weighted by atomic mass is 10.2. The predicted molar refractivity (Wildman–Crippen MR) is 77.7 cm³/mol. The molecule has 0 spiro atoms. The van der Waals surface area contributed by atoms with Gasteiger partial charge in [-0.25, -0.2) is 9.97 Å². The van der Waals surface area contributed by atoms with Gasteiger partial charge < -0.3 is 11.1 Å². The second-order valence-electron chi connectivity index (χ2n) is 4.15. The van der Waals surface area contributed by atoms with Crippen molar-refractivity contribution in [3.8, 4) is 0 Å². The van der Waals surface area contributed by atoms with Crippen molar-refractivity contribution in [1.29, 1.82) is 0 Å². The quantitative estimate of drug-likeness (QED) is 0.849. The van der Waals surface area contributed by atoms with Crippen LogP contribution in [0.3, 0.4) is 0 Å². The van der Waals surface area contributed by atoms with Crippen molar-refractivity contribution < 1.29 is 4.79 Å². The zero-order valence-corrected chi connectivity index (χ0v) is 12.3. The van der Waals surface area contributed by atoms with Gasteiger partial charge in [0, 0.05) is 35.8 Å². The molecular weight excluding hydrogens is 280 g/mol. The zero-order chi connectivity index (χ0) is 13.7. The Balaban J connectivity index is 1.86. The number of thiazole rings is 2. The van der Waals surface area contributed by atoms with Crippen LogP contribution < -0.4 is 11.1 Å². The number of nitrogens with one attached hydrogen (secondary N) is 1. The van der Waals surface area contributed by atoms with E-state index >= 15 is 0 Å². The number of carbonyl (C=O) groups is 1. The van der Waals surface area contributed by atoms with E-state index in [9.17, 15) is 4.79 Å². The molecule has 7 heteroatoms. The van der Waals surface area contributed by atoms with E-state index < -0.39 is 0 Å². The first-order chi connectivity index (χ1) is 9.20. The molecule has 3 N–H and O–H groups in total. The highest BCUT2D eigenvalue weighted by atomic mass is 32.1. The number of carbonyl (C=O) groups excluding carboxylic acids is 1. The molecule has 2 aromatic heterocycles. The predicted octanol–water partition coefficient (Wildman–Crippen LogP) is 1.63. The molecule has 0 saturated carbocycles. The fourth-order valence-electron chi connectivity index (χ4n) is 1.55. The van der Waals surface area contributed by atoms with Gasteiger partial charge in [-0.05, 0) is 6.54 Å². The lowest BCUT2D eigenvalue weighted by Gasteiger charge is -2.08. The number of nitrogens with zero attached hydrogens (tertiary/aromatic N) is 2. The summed E-state index contributed by atoms with van der Waals surface area (Å²) in [7, 11) is 0. The van der Waals surface area contributed by atoms with Crippen LogP contribution in [0.25, 0.3) is 0 Å². The Labute approximate surface area is 119 Å². The van der Waals surface area contributed by atoms with Crippen LogP contribution in [0.1, 0.15) is 33.3 Å². The molecule has 19 heavy (non-hydrogen) atoms. The summed E-state index contributed by atoms with van der Waals surface area (Å²) in [5.41, 5.74) is 5.93. The Hall–Kier alpha value is -1.31. The molecule has 2 aromatic rings. The number of nitrogens with two attached hydrogens (primary N) is 1. The molecule has 0 bridgehead atoms. The fraction of sp³-hybridized carbons (Fsp3) is 0.417. The molecule has 0 aliphatic rings. The average molecular weight is 296 g/mol. The van der Waals surface area contributed by atoms with Crippen molar-refractivity contribution in [2.24, 2.45) is 5.73 Å². The van der Waals surface area contributed by atoms with Crippen molar-refractivity contribution in [2.75, 3.05) is 13.1 Å². The Morgan fingerprint density at radius 3 is 3.05 bits per heavy atom. The smallest absolute Gasteiger partial charge is 0.270 e. The second-order valence-corrected chi connectivity index (χ2v) is 6.02. The number of rotatable bonds is 6. The molecule has 0 fully saturated rings. The first kappa shape index (κ1) is 14.1. The molecule has 0 aliphatic heterocycles. The van der Waals surface area contributed by atoms with E-state index in [2.05, 4.69) is 15.3 Å². The normalized spacial score (nSPS) is 12.3. The van der Waals surface area contributed by atoms with Gasteiger partial charge in [-0.1, -0.05) is 6.92 Å². The lowest BCUT2D eigenvalue weighted by molar-refractivity contribution is 0.0947. The summed E-state index contributed by atoms with van der Waals surface area (Å²) in [5.74, 6) is 0.0778. The van der Waals surface area contributed by atoms with Crippen molar-refractivity contribution in [1.82, 2.24) is 15.3 Å². The van der Waals surface area contributed by atoms with E-state index in [0.29, 0.717) is 25.2 Å². The maximum absolute atomic E-state index is 11.9. The molecule has 1 unspecified atom stereocenters. The van der Waals surface area contributed by atoms with Crippen molar-refractivity contribution in [2.45, 2.75) is 19.3 Å². The minimum atomic E-state index is -0.136. The van der Waals surface area contributed by atoms with E-state index in [1.807, 2.05) is 12.3 Å². The van der Waals surface area contributed by atoms with Gasteiger partial charge in [0.2, 0.25) is 0 Å². The minimum Gasteiger partial charge on any atom is -0.350 e. The molecule has 0 aromatic carbocycles. The van der Waals surface area contributed by atoms with Crippen LogP contribution in [-0.4, -0.2) is 29.0 Å². The van der Waals surface area contributed by atoms with Crippen LogP contribution in [0.2, 0.25) is 0 Å². The van der Waals surface area contributed by atoms with Gasteiger partial charge in [0.1, 0.15) is 5.69 Å². The van der Waals surface area contributed by atoms with E-state index in [-0.39, 0.29) is 11.8 Å². The van der Waals surface area contributed by atoms with Gasteiger partial charge in [0.05, 0.1) is 10.0 Å². The standard InChI is InChI=1S/C12H16N4OS2/c1-8(12-14-4-5-18-12)6-15-11(17)9-7-19-10(16-9)2-3-13/h4-5,7-8H,2-3,6,13H2,1H3,(H,15,17). The molecule has 0 aliphatic carbocycles. The zero-order valence-electron chi connectivity index (χ0n) is 10.6. The highest BCUT2D eigenvalue weighted by Gasteiger charge is 2.13. The Bertz CT molecular complexity index is 524. The third-order valence-corrected chi connectivity index (χ3v) is 4.50. The molecule has 0 saturated heterocycles. The second kappa shape index (κ2) is 6.74. The van der Waals surface area contributed by atoms with E-state index in [1.165, 1.54) is 11.3 Å². The summed E-state index contributed by atoms with van der Waals surface area (Å²) < 4.78 is 0.